The van der Waals surface area contributed by atoms with E-state index in [2.05, 4.69) is 25.3 Å². The Labute approximate surface area is 165 Å². The number of aromatic nitrogens is 4. The molecule has 1 aromatic heterocycles. The van der Waals surface area contributed by atoms with Crippen LogP contribution in [0.4, 0.5) is 0 Å². The van der Waals surface area contributed by atoms with E-state index in [0.29, 0.717) is 42.0 Å². The molecule has 8 heteroatoms. The number of carbonyl (C=O) groups excluding carboxylic acids is 2. The molecule has 0 aromatic carbocycles. The van der Waals surface area contributed by atoms with E-state index in [1.807, 2.05) is 0 Å². The van der Waals surface area contributed by atoms with Crippen molar-refractivity contribution in [1.82, 2.24) is 30.0 Å². The van der Waals surface area contributed by atoms with Crippen molar-refractivity contribution in [2.24, 2.45) is 23.7 Å². The van der Waals surface area contributed by atoms with E-state index in [1.54, 1.807) is 11.0 Å². The van der Waals surface area contributed by atoms with E-state index < -0.39 is 0 Å². The highest BCUT2D eigenvalue weighted by Gasteiger charge is 2.45. The second-order valence-corrected chi connectivity index (χ2v) is 9.36. The van der Waals surface area contributed by atoms with Crippen molar-refractivity contribution in [1.29, 1.82) is 0 Å². The summed E-state index contributed by atoms with van der Waals surface area (Å²) >= 11 is 0. The van der Waals surface area contributed by atoms with E-state index in [-0.39, 0.29) is 5.92 Å². The maximum atomic E-state index is 13.2. The van der Waals surface area contributed by atoms with Crippen LogP contribution in [0.2, 0.25) is 0 Å². The van der Waals surface area contributed by atoms with Crippen LogP contribution in [0.5, 0.6) is 0 Å². The molecule has 1 aliphatic carbocycles. The predicted octanol–water partition coefficient (Wildman–Crippen LogP) is 1.34. The third-order valence-electron chi connectivity index (χ3n) is 7.52. The molecular weight excluding hydrogens is 356 g/mol. The summed E-state index contributed by atoms with van der Waals surface area (Å²) in [6.45, 7) is 3.42. The summed E-state index contributed by atoms with van der Waals surface area (Å²) in [5.74, 6) is 2.40. The van der Waals surface area contributed by atoms with Crippen LogP contribution in [0.1, 0.15) is 51.4 Å². The van der Waals surface area contributed by atoms with Gasteiger partial charge in [-0.1, -0.05) is 0 Å². The van der Waals surface area contributed by atoms with Crippen LogP contribution in [0, 0.1) is 23.7 Å². The SMILES string of the molecule is O=C(C1CCC(Cn2cnnn2)CC1)N1C[C@H]2C[C@@H](C1)C1CCCC(=O)N1C2. The number of carbonyl (C=O) groups is 2. The molecule has 152 valence electrons. The fourth-order valence-electron chi connectivity index (χ4n) is 6.17. The molecule has 3 aliphatic heterocycles. The summed E-state index contributed by atoms with van der Waals surface area (Å²) < 4.78 is 1.80. The number of fused-ring (bicyclic) bond motifs is 4. The van der Waals surface area contributed by atoms with Crippen LogP contribution in [0.15, 0.2) is 6.33 Å². The van der Waals surface area contributed by atoms with E-state index in [9.17, 15) is 9.59 Å². The van der Waals surface area contributed by atoms with Crippen molar-refractivity contribution < 1.29 is 9.59 Å². The zero-order chi connectivity index (χ0) is 19.1. The lowest BCUT2D eigenvalue weighted by atomic mass is 9.75. The molecular formula is C20H30N6O2. The van der Waals surface area contributed by atoms with E-state index in [4.69, 9.17) is 0 Å². The Bertz CT molecular complexity index is 714. The van der Waals surface area contributed by atoms with Crippen molar-refractivity contribution in [2.45, 2.75) is 64.0 Å². The quantitative estimate of drug-likeness (QED) is 0.783. The van der Waals surface area contributed by atoms with Crippen molar-refractivity contribution >= 4 is 11.8 Å². The Morgan fingerprint density at radius 3 is 2.75 bits per heavy atom. The molecule has 4 fully saturated rings. The molecule has 3 saturated heterocycles. The number of nitrogens with zero attached hydrogens (tertiary/aromatic N) is 6. The fraction of sp³-hybridized carbons (Fsp3) is 0.850. The first-order valence-electron chi connectivity index (χ1n) is 11.0. The van der Waals surface area contributed by atoms with Crippen LogP contribution in [0.25, 0.3) is 0 Å². The fourth-order valence-corrected chi connectivity index (χ4v) is 6.17. The maximum absolute atomic E-state index is 13.2. The molecule has 1 unspecified atom stereocenters. The smallest absolute Gasteiger partial charge is 0.225 e. The molecule has 4 heterocycles. The first kappa shape index (κ1) is 18.1. The van der Waals surface area contributed by atoms with Gasteiger partial charge in [-0.25, -0.2) is 4.68 Å². The third kappa shape index (κ3) is 3.42. The third-order valence-corrected chi connectivity index (χ3v) is 7.52. The van der Waals surface area contributed by atoms with Crippen molar-refractivity contribution in [3.8, 4) is 0 Å². The molecule has 4 aliphatic rings. The van der Waals surface area contributed by atoms with Gasteiger partial charge in [-0.15, -0.1) is 5.10 Å². The number of rotatable bonds is 3. The van der Waals surface area contributed by atoms with Gasteiger partial charge in [-0.3, -0.25) is 9.59 Å². The summed E-state index contributed by atoms with van der Waals surface area (Å²) in [7, 11) is 0. The van der Waals surface area contributed by atoms with Gasteiger partial charge in [0, 0.05) is 44.6 Å². The summed E-state index contributed by atoms with van der Waals surface area (Å²) in [6, 6.07) is 0.375. The van der Waals surface area contributed by atoms with Gasteiger partial charge in [0.25, 0.3) is 0 Å². The van der Waals surface area contributed by atoms with Crippen LogP contribution in [-0.4, -0.2) is 67.5 Å². The molecule has 0 spiro atoms. The standard InChI is InChI=1S/C20H30N6O2/c27-19-3-1-2-18-17-8-15(11-26(18)19)9-24(12-17)20(28)16-6-4-14(5-7-16)10-25-13-21-22-23-25/h13-18H,1-12H2/t14?,15-,16?,17+,18?/m1/s1. The lowest BCUT2D eigenvalue weighted by molar-refractivity contribution is -0.151. The van der Waals surface area contributed by atoms with Gasteiger partial charge in [0.05, 0.1) is 0 Å². The normalized spacial score (nSPS) is 35.6. The monoisotopic (exact) mass is 386 g/mol. The second kappa shape index (κ2) is 7.44. The minimum atomic E-state index is 0.174. The Balaban J connectivity index is 1.17. The van der Waals surface area contributed by atoms with Gasteiger partial charge in [0.15, 0.2) is 0 Å². The number of amides is 2. The van der Waals surface area contributed by atoms with Crippen LogP contribution < -0.4 is 0 Å². The predicted molar refractivity (Wildman–Crippen MR) is 101 cm³/mol. The first-order valence-corrected chi connectivity index (χ1v) is 11.0. The minimum Gasteiger partial charge on any atom is -0.342 e. The molecule has 1 saturated carbocycles. The van der Waals surface area contributed by atoms with E-state index >= 15 is 0 Å². The van der Waals surface area contributed by atoms with Gasteiger partial charge in [0.1, 0.15) is 6.33 Å². The lowest BCUT2D eigenvalue weighted by Gasteiger charge is -2.52. The molecule has 8 nitrogen and oxygen atoms in total. The van der Waals surface area contributed by atoms with E-state index in [0.717, 1.165) is 64.7 Å². The topological polar surface area (TPSA) is 84.2 Å². The summed E-state index contributed by atoms with van der Waals surface area (Å²) in [4.78, 5) is 29.8. The molecule has 5 rings (SSSR count). The Kier molecular flexibility index (Phi) is 4.80. The van der Waals surface area contributed by atoms with Gasteiger partial charge in [0.2, 0.25) is 11.8 Å². The van der Waals surface area contributed by atoms with E-state index in [1.165, 1.54) is 6.42 Å². The number of piperidine rings is 3. The molecule has 2 amide bonds. The van der Waals surface area contributed by atoms with Crippen molar-refractivity contribution in [3.63, 3.8) is 0 Å². The Hall–Kier alpha value is -1.99. The summed E-state index contributed by atoms with van der Waals surface area (Å²) in [5.41, 5.74) is 0. The highest BCUT2D eigenvalue weighted by atomic mass is 16.2. The number of likely N-dealkylation sites (tertiary alicyclic amines) is 1. The highest BCUT2D eigenvalue weighted by Crippen LogP contribution is 2.39. The zero-order valence-corrected chi connectivity index (χ0v) is 16.4. The van der Waals surface area contributed by atoms with Crippen molar-refractivity contribution in [2.75, 3.05) is 19.6 Å². The molecule has 0 N–H and O–H groups in total. The number of tetrazole rings is 1. The lowest BCUT2D eigenvalue weighted by Crippen LogP contribution is -2.61. The Morgan fingerprint density at radius 2 is 1.96 bits per heavy atom. The molecule has 0 radical (unpaired) electrons. The summed E-state index contributed by atoms with van der Waals surface area (Å²) in [6.07, 6.45) is 9.81. The summed E-state index contributed by atoms with van der Waals surface area (Å²) in [5, 5.41) is 11.4. The van der Waals surface area contributed by atoms with Crippen LogP contribution in [0.3, 0.4) is 0 Å². The van der Waals surface area contributed by atoms with Crippen LogP contribution in [-0.2, 0) is 16.1 Å². The maximum Gasteiger partial charge on any atom is 0.225 e. The second-order valence-electron chi connectivity index (χ2n) is 9.36. The van der Waals surface area contributed by atoms with Gasteiger partial charge < -0.3 is 9.80 Å². The van der Waals surface area contributed by atoms with Gasteiger partial charge in [-0.2, -0.15) is 0 Å². The number of hydrogen-bond donors (Lipinski definition) is 0. The molecule has 28 heavy (non-hydrogen) atoms. The molecule has 3 atom stereocenters. The van der Waals surface area contributed by atoms with Crippen molar-refractivity contribution in [3.05, 3.63) is 6.33 Å². The largest absolute Gasteiger partial charge is 0.342 e. The highest BCUT2D eigenvalue weighted by molar-refractivity contribution is 5.79. The minimum absolute atomic E-state index is 0.174. The first-order chi connectivity index (χ1) is 13.7. The van der Waals surface area contributed by atoms with Crippen LogP contribution >= 0.6 is 0 Å². The van der Waals surface area contributed by atoms with Gasteiger partial charge >= 0.3 is 0 Å². The average Bonchev–Trinajstić information content (AvgIpc) is 3.22. The zero-order valence-electron chi connectivity index (χ0n) is 16.4. The van der Waals surface area contributed by atoms with Gasteiger partial charge in [-0.05, 0) is 73.1 Å². The molecule has 1 aromatic rings. The average molecular weight is 387 g/mol. The Morgan fingerprint density at radius 1 is 1.11 bits per heavy atom. The number of hydrogen-bond acceptors (Lipinski definition) is 5. The molecule has 2 bridgehead atoms.